The van der Waals surface area contributed by atoms with Gasteiger partial charge in [-0.2, -0.15) is 0 Å². The van der Waals surface area contributed by atoms with Gasteiger partial charge in [0.2, 0.25) is 11.8 Å². The number of ether oxygens (including phenoxy) is 2. The van der Waals surface area contributed by atoms with E-state index in [4.69, 9.17) is 9.47 Å². The Morgan fingerprint density at radius 2 is 1.82 bits per heavy atom. The van der Waals surface area contributed by atoms with Crippen LogP contribution in [0, 0.1) is 11.8 Å². The monoisotopic (exact) mass is 665 g/mol. The fourth-order valence-corrected chi connectivity index (χ4v) is 7.82. The van der Waals surface area contributed by atoms with Gasteiger partial charge in [-0.1, -0.05) is 72.8 Å². The Labute approximate surface area is 286 Å². The van der Waals surface area contributed by atoms with Crippen LogP contribution in [0.15, 0.2) is 98.1 Å². The number of likely N-dealkylation sites (tertiary alicyclic amines) is 1. The van der Waals surface area contributed by atoms with Crippen molar-refractivity contribution in [2.75, 3.05) is 24.7 Å². The van der Waals surface area contributed by atoms with E-state index in [0.29, 0.717) is 24.9 Å². The van der Waals surface area contributed by atoms with E-state index in [1.165, 1.54) is 4.90 Å². The zero-order valence-corrected chi connectivity index (χ0v) is 27.7. The number of nitrogens with one attached hydrogen (secondary N) is 1. The van der Waals surface area contributed by atoms with Gasteiger partial charge < -0.3 is 29.7 Å². The molecule has 0 aliphatic carbocycles. The number of nitrogens with zero attached hydrogens (tertiary/aromatic N) is 2. The second-order valence-corrected chi connectivity index (χ2v) is 13.1. The smallest absolute Gasteiger partial charge is 0.306 e. The van der Waals surface area contributed by atoms with Crippen LogP contribution in [0.1, 0.15) is 44.2 Å². The van der Waals surface area contributed by atoms with Gasteiger partial charge in [0.25, 0.3) is 5.91 Å². The Balaban J connectivity index is 1.32. The third kappa shape index (κ3) is 6.26. The number of carbonyl (C=O) groups excluding carboxylic acids is 4. The number of allylic oxidation sites excluding steroid dienone is 1. The van der Waals surface area contributed by atoms with Crippen molar-refractivity contribution in [3.63, 3.8) is 0 Å². The van der Waals surface area contributed by atoms with Gasteiger partial charge in [-0.05, 0) is 54.7 Å². The average Bonchev–Trinajstić information content (AvgIpc) is 3.78. The lowest BCUT2D eigenvalue weighted by atomic mass is 9.70. The second-order valence-electron chi connectivity index (χ2n) is 13.1. The van der Waals surface area contributed by atoms with Crippen molar-refractivity contribution in [3.05, 3.63) is 104 Å². The third-order valence-corrected chi connectivity index (χ3v) is 10.1. The van der Waals surface area contributed by atoms with Crippen molar-refractivity contribution in [1.82, 2.24) is 10.2 Å². The highest BCUT2D eigenvalue weighted by molar-refractivity contribution is 6.06. The summed E-state index contributed by atoms with van der Waals surface area (Å²) >= 11 is 0. The number of anilines is 1. The minimum atomic E-state index is -1.26. The lowest BCUT2D eigenvalue weighted by molar-refractivity contribution is -0.146. The highest BCUT2D eigenvalue weighted by Crippen LogP contribution is 2.59. The van der Waals surface area contributed by atoms with E-state index < -0.39 is 59.5 Å². The molecule has 3 saturated heterocycles. The van der Waals surface area contributed by atoms with Gasteiger partial charge in [0.15, 0.2) is 0 Å². The summed E-state index contributed by atoms with van der Waals surface area (Å²) in [5.41, 5.74) is 0.116. The molecule has 0 unspecified atom stereocenters. The summed E-state index contributed by atoms with van der Waals surface area (Å²) in [4.78, 5) is 58.9. The maximum absolute atomic E-state index is 14.8. The molecule has 10 nitrogen and oxygen atoms in total. The van der Waals surface area contributed by atoms with E-state index in [1.54, 1.807) is 24.0 Å². The molecular weight excluding hydrogens is 622 g/mol. The lowest BCUT2D eigenvalue weighted by Gasteiger charge is -2.38. The molecule has 3 heterocycles. The zero-order valence-electron chi connectivity index (χ0n) is 27.7. The normalized spacial score (nSPS) is 25.0. The summed E-state index contributed by atoms with van der Waals surface area (Å²) in [5.74, 6) is -3.41. The number of hydrogen-bond donors (Lipinski definition) is 2. The molecule has 49 heavy (non-hydrogen) atoms. The number of fused-ring (bicyclic) bond motifs is 2. The number of aliphatic hydroxyl groups is 1. The Morgan fingerprint density at radius 1 is 1.08 bits per heavy atom. The van der Waals surface area contributed by atoms with Crippen LogP contribution in [-0.2, 0) is 28.7 Å². The van der Waals surface area contributed by atoms with Gasteiger partial charge in [0, 0.05) is 18.7 Å². The first-order chi connectivity index (χ1) is 23.7. The molecule has 6 rings (SSSR count). The molecule has 3 aromatic rings. The summed E-state index contributed by atoms with van der Waals surface area (Å²) in [6.07, 6.45) is 4.22. The SMILES string of the molecule is C=CCCC(=O)OC[C@H](NC(=O)[C@@H]1[C@@H]2CC[C@]3(O2)[C@H](C(=O)N(CC=C)c2ccc4ccccc4c2)N([C@H](C)CO)C(=O)[C@@H]13)c1ccccc1. The van der Waals surface area contributed by atoms with E-state index in [-0.39, 0.29) is 32.1 Å². The van der Waals surface area contributed by atoms with Crippen LogP contribution in [0.5, 0.6) is 0 Å². The Kier molecular flexibility index (Phi) is 9.99. The molecule has 3 aliphatic rings. The summed E-state index contributed by atoms with van der Waals surface area (Å²) in [5, 5.41) is 15.3. The van der Waals surface area contributed by atoms with Gasteiger partial charge in [-0.25, -0.2) is 0 Å². The van der Waals surface area contributed by atoms with Crippen LogP contribution in [-0.4, -0.2) is 77.2 Å². The van der Waals surface area contributed by atoms with Crippen LogP contribution in [0.2, 0.25) is 0 Å². The number of rotatable bonds is 14. The number of carbonyl (C=O) groups is 4. The first kappa shape index (κ1) is 34.1. The Hall–Kier alpha value is -4.80. The van der Waals surface area contributed by atoms with Crippen molar-refractivity contribution in [2.45, 2.75) is 62.4 Å². The Bertz CT molecular complexity index is 1740. The van der Waals surface area contributed by atoms with Gasteiger partial charge in [0.05, 0.1) is 36.6 Å². The Morgan fingerprint density at radius 3 is 2.53 bits per heavy atom. The van der Waals surface area contributed by atoms with Crippen molar-refractivity contribution in [3.8, 4) is 0 Å². The van der Waals surface area contributed by atoms with E-state index in [0.717, 1.165) is 16.3 Å². The predicted octanol–water partition coefficient (Wildman–Crippen LogP) is 4.48. The topological polar surface area (TPSA) is 125 Å². The minimum Gasteiger partial charge on any atom is -0.463 e. The summed E-state index contributed by atoms with van der Waals surface area (Å²) in [6.45, 7) is 8.94. The molecular formula is C39H43N3O7. The van der Waals surface area contributed by atoms with Crippen molar-refractivity contribution >= 4 is 40.2 Å². The minimum absolute atomic E-state index is 0.0925. The summed E-state index contributed by atoms with van der Waals surface area (Å²) < 4.78 is 12.2. The number of aliphatic hydroxyl groups excluding tert-OH is 1. The molecule has 256 valence electrons. The quantitative estimate of drug-likeness (QED) is 0.192. The van der Waals surface area contributed by atoms with Crippen LogP contribution in [0.25, 0.3) is 10.8 Å². The number of esters is 1. The molecule has 10 heteroatoms. The van der Waals surface area contributed by atoms with Gasteiger partial charge >= 0.3 is 5.97 Å². The van der Waals surface area contributed by atoms with E-state index >= 15 is 0 Å². The standard InChI is InChI=1S/C39H43N3O7/c1-4-6-16-32(44)48-24-30(27-13-8-7-9-14-27)40-36(45)33-31-19-20-39(49-31)34(33)37(46)42(25(3)23-43)35(39)38(47)41(21-5-2)29-18-17-26-12-10-11-15-28(26)22-29/h4-5,7-15,17-18,22,25,30-31,33-35,43H,1-2,6,16,19-21,23-24H2,3H3,(H,40,45)/t25-,30+,31+,33-,34-,35+,39-/m1/s1. The molecule has 3 aliphatic heterocycles. The largest absolute Gasteiger partial charge is 0.463 e. The molecule has 2 bridgehead atoms. The van der Waals surface area contributed by atoms with Gasteiger partial charge in [-0.3, -0.25) is 19.2 Å². The molecule has 7 atom stereocenters. The zero-order chi connectivity index (χ0) is 34.7. The second kappa shape index (κ2) is 14.4. The molecule has 3 aromatic carbocycles. The molecule has 0 radical (unpaired) electrons. The van der Waals surface area contributed by atoms with E-state index in [2.05, 4.69) is 18.5 Å². The average molecular weight is 666 g/mol. The number of amides is 3. The molecule has 3 fully saturated rings. The molecule has 0 aromatic heterocycles. The molecule has 1 spiro atoms. The van der Waals surface area contributed by atoms with Gasteiger partial charge in [0.1, 0.15) is 18.2 Å². The van der Waals surface area contributed by atoms with Crippen LogP contribution in [0.4, 0.5) is 5.69 Å². The van der Waals surface area contributed by atoms with Gasteiger partial charge in [-0.15, -0.1) is 13.2 Å². The van der Waals surface area contributed by atoms with Crippen LogP contribution >= 0.6 is 0 Å². The fraction of sp³-hybridized carbons (Fsp3) is 0.385. The van der Waals surface area contributed by atoms with Crippen molar-refractivity contribution < 1.29 is 33.8 Å². The fourth-order valence-electron chi connectivity index (χ4n) is 7.82. The first-order valence-corrected chi connectivity index (χ1v) is 16.9. The number of hydrogen-bond acceptors (Lipinski definition) is 7. The van der Waals surface area contributed by atoms with Crippen LogP contribution < -0.4 is 10.2 Å². The molecule has 0 saturated carbocycles. The highest BCUT2D eigenvalue weighted by atomic mass is 16.5. The molecule has 2 N–H and O–H groups in total. The first-order valence-electron chi connectivity index (χ1n) is 16.9. The maximum atomic E-state index is 14.8. The van der Waals surface area contributed by atoms with Crippen molar-refractivity contribution in [2.24, 2.45) is 11.8 Å². The lowest BCUT2D eigenvalue weighted by Crippen LogP contribution is -2.58. The molecule has 3 amide bonds. The van der Waals surface area contributed by atoms with E-state index in [9.17, 15) is 24.3 Å². The number of benzene rings is 3. The predicted molar refractivity (Wildman–Crippen MR) is 185 cm³/mol. The van der Waals surface area contributed by atoms with Crippen LogP contribution in [0.3, 0.4) is 0 Å². The van der Waals surface area contributed by atoms with E-state index in [1.807, 2.05) is 72.8 Å². The summed E-state index contributed by atoms with van der Waals surface area (Å²) in [7, 11) is 0. The van der Waals surface area contributed by atoms with Crippen molar-refractivity contribution in [1.29, 1.82) is 0 Å². The highest BCUT2D eigenvalue weighted by Gasteiger charge is 2.75. The summed E-state index contributed by atoms with van der Waals surface area (Å²) in [6, 6.07) is 20.3. The third-order valence-electron chi connectivity index (χ3n) is 10.1. The maximum Gasteiger partial charge on any atom is 0.306 e.